The fourth-order valence-electron chi connectivity index (χ4n) is 5.07. The van der Waals surface area contributed by atoms with Crippen LogP contribution in [0.4, 0.5) is 0 Å². The molecule has 0 rings (SSSR count). The Morgan fingerprint density at radius 2 is 1.13 bits per heavy atom. The SMILES string of the molecule is CC/C=C/C/C=C/C/C=C/C/C=C/C/C=C/C/C=C/CCC(=O)OCC(COCCC(C(=O)[O-])[N+](C)(C)C)OC(=O)CCCCC/C=C/C=C/CCCC. The van der Waals surface area contributed by atoms with Gasteiger partial charge in [0, 0.05) is 19.3 Å². The standard InChI is InChI=1S/C46H73NO7/c1-6-8-10-12-14-16-18-19-20-21-22-23-24-25-27-28-30-32-34-36-44(48)53-41-42(40-52-39-38-43(46(50)51)47(3,4)5)54-45(49)37-35-33-31-29-26-17-15-13-11-9-7-2/h8,10,13-17,19-20,22-23,25-27,30,32,42-43H,6-7,9,11-12,18,21,24,28-29,31,33-41H2,1-5H3/b10-8+,15-13+,16-14+,20-19+,23-22+,26-17+,27-25+,32-30+. The van der Waals surface area contributed by atoms with Gasteiger partial charge in [0.15, 0.2) is 6.10 Å². The maximum atomic E-state index is 12.6. The van der Waals surface area contributed by atoms with Gasteiger partial charge in [0.25, 0.3) is 0 Å². The van der Waals surface area contributed by atoms with Gasteiger partial charge in [-0.15, -0.1) is 0 Å². The maximum Gasteiger partial charge on any atom is 0.306 e. The number of hydrogen-bond acceptors (Lipinski definition) is 7. The summed E-state index contributed by atoms with van der Waals surface area (Å²) in [5.41, 5.74) is 0. The molecule has 304 valence electrons. The van der Waals surface area contributed by atoms with Gasteiger partial charge in [-0.05, 0) is 70.6 Å². The molecule has 2 unspecified atom stereocenters. The summed E-state index contributed by atoms with van der Waals surface area (Å²) in [4.78, 5) is 36.7. The third-order valence-electron chi connectivity index (χ3n) is 8.25. The molecule has 0 aromatic rings. The number of carboxylic acid groups (broad SMARTS) is 1. The summed E-state index contributed by atoms with van der Waals surface area (Å²) < 4.78 is 17.0. The Morgan fingerprint density at radius 3 is 1.65 bits per heavy atom. The number of nitrogens with zero attached hydrogens (tertiary/aromatic N) is 1. The van der Waals surface area contributed by atoms with Crippen LogP contribution in [0.5, 0.6) is 0 Å². The molecule has 0 N–H and O–H groups in total. The van der Waals surface area contributed by atoms with E-state index in [1.54, 1.807) is 21.1 Å². The lowest BCUT2D eigenvalue weighted by atomic mass is 10.1. The molecule has 0 heterocycles. The zero-order valence-electron chi connectivity index (χ0n) is 34.3. The van der Waals surface area contributed by atoms with Gasteiger partial charge in [-0.2, -0.15) is 0 Å². The Labute approximate surface area is 328 Å². The average Bonchev–Trinajstić information content (AvgIpc) is 3.12. The Kier molecular flexibility index (Phi) is 33.7. The van der Waals surface area contributed by atoms with E-state index < -0.39 is 18.1 Å². The van der Waals surface area contributed by atoms with Crippen molar-refractivity contribution in [3.8, 4) is 0 Å². The first-order chi connectivity index (χ1) is 26.1. The number of carboxylic acids is 1. The molecule has 0 amide bonds. The molecule has 0 aliphatic rings. The number of allylic oxidation sites excluding steroid dienone is 16. The molecule has 0 saturated carbocycles. The second kappa shape index (κ2) is 36.2. The highest BCUT2D eigenvalue weighted by Crippen LogP contribution is 2.10. The second-order valence-electron chi connectivity index (χ2n) is 14.2. The third kappa shape index (κ3) is 34.0. The van der Waals surface area contributed by atoms with E-state index in [9.17, 15) is 19.5 Å². The highest BCUT2D eigenvalue weighted by Gasteiger charge is 2.25. The molecule has 0 spiro atoms. The summed E-state index contributed by atoms with van der Waals surface area (Å²) in [6.07, 6.45) is 47.4. The van der Waals surface area contributed by atoms with Gasteiger partial charge < -0.3 is 28.6 Å². The molecule has 8 heteroatoms. The van der Waals surface area contributed by atoms with Crippen LogP contribution < -0.4 is 5.11 Å². The van der Waals surface area contributed by atoms with Crippen molar-refractivity contribution in [1.82, 2.24) is 0 Å². The molecule has 0 saturated heterocycles. The van der Waals surface area contributed by atoms with Gasteiger partial charge in [0.2, 0.25) is 0 Å². The molecule has 0 aliphatic heterocycles. The monoisotopic (exact) mass is 752 g/mol. The molecular weight excluding hydrogens is 679 g/mol. The number of unbranched alkanes of at least 4 members (excludes halogenated alkanes) is 5. The summed E-state index contributed by atoms with van der Waals surface area (Å²) in [6.45, 7) is 4.34. The molecule has 54 heavy (non-hydrogen) atoms. The normalized spacial score (nSPS) is 14.0. The number of quaternary nitrogens is 1. The van der Waals surface area contributed by atoms with E-state index in [0.717, 1.165) is 64.2 Å². The van der Waals surface area contributed by atoms with E-state index in [2.05, 4.69) is 98.9 Å². The molecule has 8 nitrogen and oxygen atoms in total. The van der Waals surface area contributed by atoms with Gasteiger partial charge >= 0.3 is 11.9 Å². The van der Waals surface area contributed by atoms with E-state index >= 15 is 0 Å². The molecule has 0 fully saturated rings. The van der Waals surface area contributed by atoms with Gasteiger partial charge in [-0.25, -0.2) is 0 Å². The molecule has 0 bridgehead atoms. The fraction of sp³-hybridized carbons (Fsp3) is 0.587. The third-order valence-corrected chi connectivity index (χ3v) is 8.25. The number of carbonyl (C=O) groups excluding carboxylic acids is 3. The van der Waals surface area contributed by atoms with E-state index in [1.807, 2.05) is 12.2 Å². The number of rotatable bonds is 34. The topological polar surface area (TPSA) is 102 Å². The van der Waals surface area contributed by atoms with Crippen LogP contribution in [0.3, 0.4) is 0 Å². The number of esters is 2. The van der Waals surface area contributed by atoms with Crippen LogP contribution in [0.2, 0.25) is 0 Å². The summed E-state index contributed by atoms with van der Waals surface area (Å²) in [6, 6.07) is -0.746. The summed E-state index contributed by atoms with van der Waals surface area (Å²) in [5, 5.41) is 11.6. The van der Waals surface area contributed by atoms with Crippen LogP contribution in [-0.4, -0.2) is 75.5 Å². The predicted molar refractivity (Wildman–Crippen MR) is 221 cm³/mol. The van der Waals surface area contributed by atoms with Crippen molar-refractivity contribution < 1.29 is 38.2 Å². The summed E-state index contributed by atoms with van der Waals surface area (Å²) >= 11 is 0. The van der Waals surface area contributed by atoms with E-state index in [1.165, 1.54) is 12.8 Å². The first-order valence-corrected chi connectivity index (χ1v) is 20.3. The van der Waals surface area contributed by atoms with Crippen molar-refractivity contribution >= 4 is 17.9 Å². The van der Waals surface area contributed by atoms with Gasteiger partial charge in [0.05, 0.1) is 40.3 Å². The van der Waals surface area contributed by atoms with Crippen LogP contribution in [0.25, 0.3) is 0 Å². The summed E-state index contributed by atoms with van der Waals surface area (Å²) in [7, 11) is 5.35. The number of aliphatic carboxylic acids is 1. The van der Waals surface area contributed by atoms with E-state index in [4.69, 9.17) is 14.2 Å². The molecule has 0 aromatic heterocycles. The first kappa shape index (κ1) is 50.2. The average molecular weight is 752 g/mol. The van der Waals surface area contributed by atoms with Crippen molar-refractivity contribution in [2.24, 2.45) is 0 Å². The lowest BCUT2D eigenvalue weighted by Crippen LogP contribution is -2.55. The Balaban J connectivity index is 4.55. The minimum atomic E-state index is -1.14. The highest BCUT2D eigenvalue weighted by atomic mass is 16.6. The van der Waals surface area contributed by atoms with Crippen LogP contribution in [-0.2, 0) is 28.6 Å². The highest BCUT2D eigenvalue weighted by molar-refractivity contribution is 5.70. The maximum absolute atomic E-state index is 12.6. The van der Waals surface area contributed by atoms with Gasteiger partial charge in [-0.1, -0.05) is 130 Å². The second-order valence-corrected chi connectivity index (χ2v) is 14.2. The lowest BCUT2D eigenvalue weighted by molar-refractivity contribution is -0.889. The van der Waals surface area contributed by atoms with Crippen LogP contribution in [0.1, 0.15) is 123 Å². The number of likely N-dealkylation sites (N-methyl/N-ethyl adjacent to an activating group) is 1. The fourth-order valence-corrected chi connectivity index (χ4v) is 5.07. The molecule has 0 aliphatic carbocycles. The van der Waals surface area contributed by atoms with Crippen LogP contribution >= 0.6 is 0 Å². The Hall–Kier alpha value is -3.75. The van der Waals surface area contributed by atoms with Crippen molar-refractivity contribution in [2.75, 3.05) is 41.0 Å². The van der Waals surface area contributed by atoms with Crippen molar-refractivity contribution in [1.29, 1.82) is 0 Å². The van der Waals surface area contributed by atoms with E-state index in [-0.39, 0.29) is 55.5 Å². The van der Waals surface area contributed by atoms with Crippen LogP contribution in [0, 0.1) is 0 Å². The first-order valence-electron chi connectivity index (χ1n) is 20.3. The number of carbonyl (C=O) groups is 3. The zero-order valence-corrected chi connectivity index (χ0v) is 34.3. The number of ether oxygens (including phenoxy) is 3. The van der Waals surface area contributed by atoms with Crippen molar-refractivity contribution in [2.45, 2.75) is 135 Å². The minimum absolute atomic E-state index is 0.000348. The zero-order chi connectivity index (χ0) is 40.0. The molecule has 2 atom stereocenters. The largest absolute Gasteiger partial charge is 0.544 e. The molecular formula is C46H73NO7. The van der Waals surface area contributed by atoms with Gasteiger partial charge in [-0.3, -0.25) is 9.59 Å². The summed E-state index contributed by atoms with van der Waals surface area (Å²) in [5.74, 6) is -1.90. The Morgan fingerprint density at radius 1 is 0.593 bits per heavy atom. The van der Waals surface area contributed by atoms with Crippen molar-refractivity contribution in [3.05, 3.63) is 97.2 Å². The lowest BCUT2D eigenvalue weighted by Gasteiger charge is -2.34. The molecule has 0 radical (unpaired) electrons. The van der Waals surface area contributed by atoms with E-state index in [0.29, 0.717) is 12.8 Å². The molecule has 0 aromatic carbocycles. The quantitative estimate of drug-likeness (QED) is 0.0212. The predicted octanol–water partition coefficient (Wildman–Crippen LogP) is 9.40. The van der Waals surface area contributed by atoms with Crippen molar-refractivity contribution in [3.63, 3.8) is 0 Å². The smallest absolute Gasteiger partial charge is 0.306 e. The number of hydrogen-bond donors (Lipinski definition) is 0. The minimum Gasteiger partial charge on any atom is -0.544 e. The van der Waals surface area contributed by atoms with Gasteiger partial charge in [0.1, 0.15) is 12.6 Å². The van der Waals surface area contributed by atoms with Crippen LogP contribution in [0.15, 0.2) is 97.2 Å². The Bertz CT molecular complexity index is 1200.